The quantitative estimate of drug-likeness (QED) is 0.533. The largest absolute Gasteiger partial charge is 0.447 e. The van der Waals surface area contributed by atoms with Gasteiger partial charge in [-0.15, -0.1) is 0 Å². The molecule has 3 nitrogen and oxygen atoms in total. The molecule has 0 saturated carbocycles. The van der Waals surface area contributed by atoms with E-state index in [1.807, 2.05) is 0 Å². The highest BCUT2D eigenvalue weighted by molar-refractivity contribution is 4.74. The Labute approximate surface area is 41.2 Å². The average molecular weight is 97.1 g/mol. The summed E-state index contributed by atoms with van der Waals surface area (Å²) in [6.45, 7) is 0.351. The normalized spacial score (nSPS) is 9.29. The highest BCUT2D eigenvalue weighted by Gasteiger charge is 1.87. The van der Waals surface area contributed by atoms with Gasteiger partial charge in [0.05, 0.1) is 6.54 Å². The lowest BCUT2D eigenvalue weighted by molar-refractivity contribution is 0.497. The number of hydrogen-bond acceptors (Lipinski definition) is 3. The highest BCUT2D eigenvalue weighted by atomic mass is 16.3. The van der Waals surface area contributed by atoms with Crippen LogP contribution < -0.4 is 5.73 Å². The summed E-state index contributed by atoms with van der Waals surface area (Å²) in [6, 6.07) is 0. The Morgan fingerprint density at radius 2 is 2.86 bits per heavy atom. The predicted molar refractivity (Wildman–Crippen MR) is 23.2 cm³/mol. The predicted octanol–water partition coefficient (Wildman–Crippen LogP) is -0.0665. The number of hydrogen-bond donors (Lipinski definition) is 1. The van der Waals surface area contributed by atoms with Crippen molar-refractivity contribution in [3.8, 4) is 0 Å². The number of rotatable bonds is 1. The Morgan fingerprint density at radius 1 is 2.00 bits per heavy atom. The molecule has 1 heterocycles. The number of oxazole rings is 1. The van der Waals surface area contributed by atoms with E-state index in [0.717, 1.165) is 0 Å². The molecule has 1 aromatic rings. The molecule has 1 radical (unpaired) electrons. The number of aromatic nitrogens is 1. The molecule has 0 fully saturated rings. The molecular formula is C4H5N2O. The summed E-state index contributed by atoms with van der Waals surface area (Å²) in [4.78, 5) is 3.62. The molecule has 3 heteroatoms. The van der Waals surface area contributed by atoms with Crippen molar-refractivity contribution in [3.05, 3.63) is 18.4 Å². The van der Waals surface area contributed by atoms with Gasteiger partial charge in [0.1, 0.15) is 12.5 Å². The standard InChI is InChI=1S/C4H5N2O/c5-3-4-6-1-2-7-4/h2H,3,5H2. The second-order valence-corrected chi connectivity index (χ2v) is 1.07. The fourth-order valence-corrected chi connectivity index (χ4v) is 0.313. The second kappa shape index (κ2) is 1.75. The third-order valence-corrected chi connectivity index (χ3v) is 0.612. The summed E-state index contributed by atoms with van der Waals surface area (Å²) in [5.41, 5.74) is 5.12. The Balaban J connectivity index is 2.76. The van der Waals surface area contributed by atoms with E-state index in [-0.39, 0.29) is 0 Å². The molecule has 0 unspecified atom stereocenters. The first kappa shape index (κ1) is 4.33. The van der Waals surface area contributed by atoms with Gasteiger partial charge in [-0.05, 0) is 0 Å². The van der Waals surface area contributed by atoms with Crippen LogP contribution in [0.3, 0.4) is 0 Å². The van der Waals surface area contributed by atoms with Gasteiger partial charge in [0.25, 0.3) is 0 Å². The van der Waals surface area contributed by atoms with E-state index in [0.29, 0.717) is 12.4 Å². The van der Waals surface area contributed by atoms with Crippen LogP contribution in [0.15, 0.2) is 10.7 Å². The van der Waals surface area contributed by atoms with E-state index >= 15 is 0 Å². The van der Waals surface area contributed by atoms with Gasteiger partial charge in [-0.1, -0.05) is 0 Å². The minimum Gasteiger partial charge on any atom is -0.447 e. The van der Waals surface area contributed by atoms with Crippen LogP contribution in [0.5, 0.6) is 0 Å². The molecule has 0 aliphatic rings. The van der Waals surface area contributed by atoms with Gasteiger partial charge < -0.3 is 10.2 Å². The van der Waals surface area contributed by atoms with Crippen LogP contribution in [0.2, 0.25) is 0 Å². The highest BCUT2D eigenvalue weighted by Crippen LogP contribution is 1.88. The SMILES string of the molecule is NCc1n[c]co1. The molecule has 0 atom stereocenters. The van der Waals surface area contributed by atoms with Crippen molar-refractivity contribution in [2.24, 2.45) is 5.73 Å². The summed E-state index contributed by atoms with van der Waals surface area (Å²) >= 11 is 0. The zero-order valence-electron chi connectivity index (χ0n) is 3.72. The third-order valence-electron chi connectivity index (χ3n) is 0.612. The molecule has 0 spiro atoms. The van der Waals surface area contributed by atoms with E-state index in [9.17, 15) is 0 Å². The van der Waals surface area contributed by atoms with Gasteiger partial charge in [-0.25, -0.2) is 4.98 Å². The van der Waals surface area contributed by atoms with Crippen LogP contribution in [-0.2, 0) is 6.54 Å². The molecular weight excluding hydrogens is 92.1 g/mol. The maximum atomic E-state index is 5.12. The molecule has 7 heavy (non-hydrogen) atoms. The summed E-state index contributed by atoms with van der Waals surface area (Å²) in [5.74, 6) is 0.528. The van der Waals surface area contributed by atoms with Crippen LogP contribution >= 0.6 is 0 Å². The zero-order valence-corrected chi connectivity index (χ0v) is 3.72. The summed E-state index contributed by atoms with van der Waals surface area (Å²) < 4.78 is 4.69. The van der Waals surface area contributed by atoms with Gasteiger partial charge in [-0.2, -0.15) is 0 Å². The molecule has 1 aromatic heterocycles. The van der Waals surface area contributed by atoms with E-state index < -0.39 is 0 Å². The Morgan fingerprint density at radius 3 is 3.14 bits per heavy atom. The first-order valence-corrected chi connectivity index (χ1v) is 1.94. The van der Waals surface area contributed by atoms with Crippen molar-refractivity contribution in [1.29, 1.82) is 0 Å². The lowest BCUT2D eigenvalue weighted by Gasteiger charge is -1.78. The molecule has 37 valence electrons. The van der Waals surface area contributed by atoms with Crippen molar-refractivity contribution in [2.45, 2.75) is 6.54 Å². The van der Waals surface area contributed by atoms with Gasteiger partial charge in [-0.3, -0.25) is 0 Å². The smallest absolute Gasteiger partial charge is 0.208 e. The molecule has 0 amide bonds. The minimum absolute atomic E-state index is 0.351. The van der Waals surface area contributed by atoms with Crippen LogP contribution in [0.1, 0.15) is 5.89 Å². The van der Waals surface area contributed by atoms with Crippen molar-refractivity contribution in [1.82, 2.24) is 4.98 Å². The molecule has 1 rings (SSSR count). The first-order valence-electron chi connectivity index (χ1n) is 1.94. The van der Waals surface area contributed by atoms with Crippen molar-refractivity contribution in [2.75, 3.05) is 0 Å². The van der Waals surface area contributed by atoms with Crippen LogP contribution in [-0.4, -0.2) is 4.98 Å². The van der Waals surface area contributed by atoms with Gasteiger partial charge in [0.2, 0.25) is 5.89 Å². The molecule has 2 N–H and O–H groups in total. The van der Waals surface area contributed by atoms with Crippen LogP contribution in [0.4, 0.5) is 0 Å². The van der Waals surface area contributed by atoms with Gasteiger partial charge in [0.15, 0.2) is 0 Å². The summed E-state index contributed by atoms with van der Waals surface area (Å²) in [5, 5.41) is 0. The topological polar surface area (TPSA) is 52.0 Å². The van der Waals surface area contributed by atoms with Crippen LogP contribution in [0, 0.1) is 6.20 Å². The van der Waals surface area contributed by atoms with Crippen molar-refractivity contribution < 1.29 is 4.42 Å². The fraction of sp³-hybridized carbons (Fsp3) is 0.250. The Hall–Kier alpha value is -0.830. The molecule has 0 aliphatic heterocycles. The lowest BCUT2D eigenvalue weighted by Crippen LogP contribution is -1.94. The first-order chi connectivity index (χ1) is 3.43. The summed E-state index contributed by atoms with van der Waals surface area (Å²) in [6.07, 6.45) is 3.86. The molecule has 0 saturated heterocycles. The maximum Gasteiger partial charge on any atom is 0.208 e. The minimum atomic E-state index is 0.351. The van der Waals surface area contributed by atoms with E-state index in [1.165, 1.54) is 6.26 Å². The average Bonchev–Trinajstić information content (AvgIpc) is 2.14. The van der Waals surface area contributed by atoms with E-state index in [2.05, 4.69) is 11.2 Å². The fourth-order valence-electron chi connectivity index (χ4n) is 0.313. The second-order valence-electron chi connectivity index (χ2n) is 1.07. The number of nitrogens with two attached hydrogens (primary N) is 1. The molecule has 0 aliphatic carbocycles. The lowest BCUT2D eigenvalue weighted by atomic mass is 10.7. The number of nitrogens with zero attached hydrogens (tertiary/aromatic N) is 1. The van der Waals surface area contributed by atoms with E-state index in [1.54, 1.807) is 0 Å². The maximum absolute atomic E-state index is 5.12. The van der Waals surface area contributed by atoms with E-state index in [4.69, 9.17) is 10.2 Å². The van der Waals surface area contributed by atoms with Crippen molar-refractivity contribution in [3.63, 3.8) is 0 Å². The zero-order chi connectivity index (χ0) is 5.11. The monoisotopic (exact) mass is 97.0 g/mol. The molecule has 0 bridgehead atoms. The van der Waals surface area contributed by atoms with Crippen molar-refractivity contribution >= 4 is 0 Å². The van der Waals surface area contributed by atoms with Gasteiger partial charge >= 0.3 is 0 Å². The van der Waals surface area contributed by atoms with Gasteiger partial charge in [0, 0.05) is 0 Å². The molecule has 0 aromatic carbocycles. The Kier molecular flexibility index (Phi) is 1.08. The Bertz CT molecular complexity index is 124. The van der Waals surface area contributed by atoms with Crippen LogP contribution in [0.25, 0.3) is 0 Å². The third kappa shape index (κ3) is 0.778. The summed E-state index contributed by atoms with van der Waals surface area (Å²) in [7, 11) is 0.